The highest BCUT2D eigenvalue weighted by Gasteiger charge is 2.71. The molecule has 2 saturated heterocycles. The van der Waals surface area contributed by atoms with Crippen molar-refractivity contribution in [3.05, 3.63) is 11.6 Å². The van der Waals surface area contributed by atoms with Gasteiger partial charge in [-0.3, -0.25) is 0 Å². The van der Waals surface area contributed by atoms with E-state index < -0.39 is 28.7 Å². The molecule has 8 aliphatic rings. The lowest BCUT2D eigenvalue weighted by Crippen LogP contribution is -2.69. The molecule has 5 aliphatic carbocycles. The Morgan fingerprint density at radius 2 is 1.75 bits per heavy atom. The maximum atomic E-state index is 13.2. The Morgan fingerprint density at radius 3 is 2.50 bits per heavy atom. The number of fused-ring (bicyclic) bond motifs is 6. The summed E-state index contributed by atoms with van der Waals surface area (Å²) < 4.78 is 31.2. The van der Waals surface area contributed by atoms with E-state index in [0.717, 1.165) is 56.8 Å². The van der Waals surface area contributed by atoms with Gasteiger partial charge in [0, 0.05) is 37.2 Å². The summed E-state index contributed by atoms with van der Waals surface area (Å²) in [5.74, 6) is -0.828. The van der Waals surface area contributed by atoms with Crippen molar-refractivity contribution in [3.8, 4) is 0 Å². The number of hydrogen-bond donors (Lipinski definition) is 2. The van der Waals surface area contributed by atoms with E-state index >= 15 is 0 Å². The standard InChI is InChI=1S/C35H50O9/c1-21-30-27(43-34(44-30)10-4-3-5-11-34)17-29(41-21)42-23-6-13-32(20-36)25-7-12-31(2)24(22-16-28(37)40-19-22)9-15-35(31,39)26(25)8-14-33(32,38)18-23/h16,20-21,23-27,29-30,38-39H,3-15,17-19H2,1-2H3/t21-,23-,24+,25-,26+,27+,29+,30+,31+,32-,33-,35-/m0/s1. The van der Waals surface area contributed by atoms with Gasteiger partial charge in [-0.15, -0.1) is 0 Å². The summed E-state index contributed by atoms with van der Waals surface area (Å²) in [4.78, 5) is 25.1. The minimum atomic E-state index is -1.18. The first kappa shape index (κ1) is 30.0. The van der Waals surface area contributed by atoms with E-state index in [1.54, 1.807) is 6.08 Å². The first-order chi connectivity index (χ1) is 21.0. The summed E-state index contributed by atoms with van der Waals surface area (Å²) in [6.45, 7) is 4.52. The molecule has 7 fully saturated rings. The summed E-state index contributed by atoms with van der Waals surface area (Å²) in [5.41, 5.74) is -2.42. The number of carbonyl (C=O) groups excluding carboxylic acids is 2. The Morgan fingerprint density at radius 1 is 0.955 bits per heavy atom. The van der Waals surface area contributed by atoms with Crippen LogP contribution in [0, 0.1) is 28.6 Å². The fraction of sp³-hybridized carbons (Fsp3) is 0.886. The van der Waals surface area contributed by atoms with Crippen molar-refractivity contribution < 1.29 is 43.5 Å². The minimum Gasteiger partial charge on any atom is -0.458 e. The molecule has 0 unspecified atom stereocenters. The molecule has 0 radical (unpaired) electrons. The highest BCUT2D eigenvalue weighted by molar-refractivity contribution is 5.85. The van der Waals surface area contributed by atoms with Gasteiger partial charge in [-0.05, 0) is 94.5 Å². The van der Waals surface area contributed by atoms with Crippen molar-refractivity contribution in [2.75, 3.05) is 6.61 Å². The summed E-state index contributed by atoms with van der Waals surface area (Å²) in [5, 5.41) is 24.8. The fourth-order valence-electron chi connectivity index (χ4n) is 11.9. The average molecular weight is 615 g/mol. The third-order valence-corrected chi connectivity index (χ3v) is 14.1. The van der Waals surface area contributed by atoms with Crippen LogP contribution < -0.4 is 0 Å². The third kappa shape index (κ3) is 4.18. The second kappa shape index (κ2) is 10.3. The highest BCUT2D eigenvalue weighted by atomic mass is 16.8. The average Bonchev–Trinajstić information content (AvgIpc) is 3.66. The molecule has 0 aromatic carbocycles. The SMILES string of the molecule is C[C@@H]1O[C@H](O[C@H]2CC[C@]3(C=O)[C@H]4CC[C@]5(C)[C@@H](C6=CC(=O)OC6)CC[C@]5(O)[C@@H]4CC[C@]3(O)C2)C[C@H]2OC3(CCCCC3)O[C@H]12. The van der Waals surface area contributed by atoms with Gasteiger partial charge in [-0.1, -0.05) is 13.3 Å². The molecule has 9 nitrogen and oxygen atoms in total. The van der Waals surface area contributed by atoms with Crippen molar-refractivity contribution in [2.24, 2.45) is 28.6 Å². The number of ether oxygens (including phenoxy) is 5. The van der Waals surface area contributed by atoms with Gasteiger partial charge < -0.3 is 38.7 Å². The molecule has 8 rings (SSSR count). The van der Waals surface area contributed by atoms with Crippen LogP contribution in [-0.4, -0.2) is 76.8 Å². The molecule has 12 atom stereocenters. The van der Waals surface area contributed by atoms with Gasteiger partial charge in [0.2, 0.25) is 0 Å². The van der Waals surface area contributed by atoms with Crippen LogP contribution in [0.3, 0.4) is 0 Å². The number of rotatable bonds is 4. The van der Waals surface area contributed by atoms with Crippen molar-refractivity contribution in [2.45, 2.75) is 158 Å². The second-order valence-corrected chi connectivity index (χ2v) is 16.0. The predicted molar refractivity (Wildman–Crippen MR) is 157 cm³/mol. The summed E-state index contributed by atoms with van der Waals surface area (Å²) in [6.07, 6.45) is 13.4. The van der Waals surface area contributed by atoms with Crippen molar-refractivity contribution >= 4 is 12.3 Å². The Balaban J connectivity index is 0.971. The molecule has 0 aromatic heterocycles. The molecule has 0 aromatic rings. The van der Waals surface area contributed by atoms with Gasteiger partial charge in [0.15, 0.2) is 12.1 Å². The minimum absolute atomic E-state index is 0.0600. The first-order valence-corrected chi connectivity index (χ1v) is 17.5. The van der Waals surface area contributed by atoms with Crippen molar-refractivity contribution in [3.63, 3.8) is 0 Å². The largest absolute Gasteiger partial charge is 0.458 e. The van der Waals surface area contributed by atoms with Crippen molar-refractivity contribution in [1.29, 1.82) is 0 Å². The molecular formula is C35H50O9. The molecule has 3 heterocycles. The Hall–Kier alpha value is -1.36. The number of carbonyl (C=O) groups is 2. The van der Waals surface area contributed by atoms with Gasteiger partial charge in [0.25, 0.3) is 0 Å². The Bertz CT molecular complexity index is 1210. The maximum Gasteiger partial charge on any atom is 0.331 e. The number of aliphatic hydroxyl groups is 2. The van der Waals surface area contributed by atoms with Crippen LogP contribution in [0.15, 0.2) is 11.6 Å². The van der Waals surface area contributed by atoms with Crippen LogP contribution >= 0.6 is 0 Å². The molecule has 244 valence electrons. The van der Waals surface area contributed by atoms with E-state index in [1.807, 2.05) is 6.92 Å². The first-order valence-electron chi connectivity index (χ1n) is 17.5. The van der Waals surface area contributed by atoms with Crippen molar-refractivity contribution in [1.82, 2.24) is 0 Å². The lowest BCUT2D eigenvalue weighted by molar-refractivity contribution is -0.278. The number of esters is 1. The van der Waals surface area contributed by atoms with Gasteiger partial charge in [0.1, 0.15) is 19.0 Å². The molecule has 2 N–H and O–H groups in total. The zero-order valence-corrected chi connectivity index (χ0v) is 26.3. The molecule has 5 saturated carbocycles. The molecule has 0 amide bonds. The van der Waals surface area contributed by atoms with E-state index in [0.29, 0.717) is 51.6 Å². The van der Waals surface area contributed by atoms with Gasteiger partial charge >= 0.3 is 5.97 Å². The third-order valence-electron chi connectivity index (χ3n) is 14.1. The van der Waals surface area contributed by atoms with Crippen LogP contribution in [-0.2, 0) is 33.3 Å². The van der Waals surface area contributed by atoms with Gasteiger partial charge in [-0.2, -0.15) is 0 Å². The fourth-order valence-corrected chi connectivity index (χ4v) is 11.9. The zero-order valence-electron chi connectivity index (χ0n) is 26.3. The van der Waals surface area contributed by atoms with E-state index in [1.165, 1.54) is 6.42 Å². The highest BCUT2D eigenvalue weighted by Crippen LogP contribution is 2.70. The molecule has 3 aliphatic heterocycles. The van der Waals surface area contributed by atoms with Crippen LogP contribution in [0.1, 0.15) is 110 Å². The van der Waals surface area contributed by atoms with Gasteiger partial charge in [0.05, 0.1) is 34.9 Å². The van der Waals surface area contributed by atoms with Crippen LogP contribution in [0.2, 0.25) is 0 Å². The van der Waals surface area contributed by atoms with Crippen LogP contribution in [0.25, 0.3) is 0 Å². The van der Waals surface area contributed by atoms with Crippen LogP contribution in [0.5, 0.6) is 0 Å². The number of cyclic esters (lactones) is 1. The summed E-state index contributed by atoms with van der Waals surface area (Å²) in [6, 6.07) is 0. The zero-order chi connectivity index (χ0) is 30.5. The number of aldehydes is 1. The summed E-state index contributed by atoms with van der Waals surface area (Å²) in [7, 11) is 0. The van der Waals surface area contributed by atoms with E-state index in [9.17, 15) is 19.8 Å². The lowest BCUT2D eigenvalue weighted by Gasteiger charge is -2.65. The predicted octanol–water partition coefficient (Wildman–Crippen LogP) is 4.50. The molecular weight excluding hydrogens is 564 g/mol. The van der Waals surface area contributed by atoms with E-state index in [2.05, 4.69) is 6.92 Å². The maximum absolute atomic E-state index is 13.2. The Kier molecular flexibility index (Phi) is 7.04. The normalized spacial score (nSPS) is 52.8. The molecule has 1 spiro atoms. The Labute approximate surface area is 260 Å². The monoisotopic (exact) mass is 614 g/mol. The van der Waals surface area contributed by atoms with Gasteiger partial charge in [-0.25, -0.2) is 4.79 Å². The smallest absolute Gasteiger partial charge is 0.331 e. The topological polar surface area (TPSA) is 121 Å². The van der Waals surface area contributed by atoms with E-state index in [4.69, 9.17) is 23.7 Å². The van der Waals surface area contributed by atoms with E-state index in [-0.39, 0.29) is 53.6 Å². The molecule has 0 bridgehead atoms. The summed E-state index contributed by atoms with van der Waals surface area (Å²) >= 11 is 0. The van der Waals surface area contributed by atoms with Crippen LogP contribution in [0.4, 0.5) is 0 Å². The molecule has 9 heteroatoms. The number of hydrogen-bond acceptors (Lipinski definition) is 9. The quantitative estimate of drug-likeness (QED) is 0.268. The molecule has 44 heavy (non-hydrogen) atoms. The second-order valence-electron chi connectivity index (χ2n) is 16.0. The lowest BCUT2D eigenvalue weighted by atomic mass is 9.41.